The summed E-state index contributed by atoms with van der Waals surface area (Å²) in [5, 5.41) is 4.12. The van der Waals surface area contributed by atoms with E-state index >= 15 is 0 Å². The fourth-order valence-corrected chi connectivity index (χ4v) is 2.46. The molecule has 0 fully saturated rings. The van der Waals surface area contributed by atoms with Gasteiger partial charge >= 0.3 is 0 Å². The number of aromatic nitrogens is 1. The summed E-state index contributed by atoms with van der Waals surface area (Å²) in [7, 11) is 0. The smallest absolute Gasteiger partial charge is 0.256 e. The monoisotopic (exact) mass is 332 g/mol. The number of pyridine rings is 1. The van der Waals surface area contributed by atoms with E-state index in [9.17, 15) is 9.59 Å². The number of hydrogen-bond donors (Lipinski definition) is 2. The summed E-state index contributed by atoms with van der Waals surface area (Å²) in [5.41, 5.74) is 1.07. The van der Waals surface area contributed by atoms with Gasteiger partial charge in [0.05, 0.1) is 15.6 Å². The maximum absolute atomic E-state index is 12.4. The molecule has 3 rings (SSSR count). The highest BCUT2D eigenvalue weighted by molar-refractivity contribution is 6.42. The molecule has 0 saturated carbocycles. The minimum atomic E-state index is -0.388. The fourth-order valence-electron chi connectivity index (χ4n) is 2.16. The molecule has 1 amide bonds. The van der Waals surface area contributed by atoms with Crippen molar-refractivity contribution in [3.05, 3.63) is 74.5 Å². The van der Waals surface area contributed by atoms with Gasteiger partial charge < -0.3 is 10.3 Å². The number of aromatic amines is 1. The molecule has 0 unspecified atom stereocenters. The Morgan fingerprint density at radius 2 is 1.77 bits per heavy atom. The van der Waals surface area contributed by atoms with E-state index in [0.717, 1.165) is 0 Å². The van der Waals surface area contributed by atoms with Gasteiger partial charge in [0.25, 0.3) is 5.91 Å². The maximum atomic E-state index is 12.4. The number of rotatable bonds is 2. The average Bonchev–Trinajstić information content (AvgIpc) is 2.50. The molecule has 0 atom stereocenters. The molecule has 1 heterocycles. The van der Waals surface area contributed by atoms with Gasteiger partial charge in [0.15, 0.2) is 0 Å². The van der Waals surface area contributed by atoms with Crippen molar-refractivity contribution in [2.45, 2.75) is 0 Å². The van der Waals surface area contributed by atoms with Crippen LogP contribution in [0, 0.1) is 0 Å². The van der Waals surface area contributed by atoms with Crippen molar-refractivity contribution in [1.82, 2.24) is 4.98 Å². The molecule has 6 heteroatoms. The summed E-state index contributed by atoms with van der Waals surface area (Å²) in [6, 6.07) is 13.2. The molecule has 0 spiro atoms. The number of fused-ring (bicyclic) bond motifs is 1. The minimum absolute atomic E-state index is 0.297. The predicted octanol–water partition coefficient (Wildman–Crippen LogP) is 4.09. The standard InChI is InChI=1S/C16H10Cl2N2O2/c17-12-6-5-9(7-13(12)18)19-16(22)11-8-15(21)20-14-4-2-1-3-10(11)14/h1-8H,(H,19,22)(H,20,21). The SMILES string of the molecule is O=C(Nc1ccc(Cl)c(Cl)c1)c1cc(=O)[nH]c2ccccc12. The van der Waals surface area contributed by atoms with Crippen molar-refractivity contribution in [3.63, 3.8) is 0 Å². The molecule has 3 aromatic rings. The molecule has 0 aliphatic heterocycles. The number of hydrogen-bond acceptors (Lipinski definition) is 2. The number of amides is 1. The van der Waals surface area contributed by atoms with E-state index in [4.69, 9.17) is 23.2 Å². The number of carbonyl (C=O) groups excluding carboxylic acids is 1. The number of halogens is 2. The highest BCUT2D eigenvalue weighted by Crippen LogP contribution is 2.25. The molecule has 0 bridgehead atoms. The first-order valence-corrected chi connectivity index (χ1v) is 7.18. The Hall–Kier alpha value is -2.30. The zero-order valence-corrected chi connectivity index (χ0v) is 12.7. The molecular formula is C16H10Cl2N2O2. The molecule has 1 aromatic heterocycles. The number of carbonyl (C=O) groups is 1. The van der Waals surface area contributed by atoms with Gasteiger partial charge in [-0.3, -0.25) is 9.59 Å². The van der Waals surface area contributed by atoms with Crippen molar-refractivity contribution in [2.24, 2.45) is 0 Å². The summed E-state index contributed by atoms with van der Waals surface area (Å²) >= 11 is 11.8. The largest absolute Gasteiger partial charge is 0.322 e. The first-order chi connectivity index (χ1) is 10.5. The Balaban J connectivity index is 2.02. The summed E-state index contributed by atoms with van der Waals surface area (Å²) in [4.78, 5) is 26.8. The van der Waals surface area contributed by atoms with Crippen LogP contribution in [-0.4, -0.2) is 10.9 Å². The summed E-state index contributed by atoms with van der Waals surface area (Å²) in [6.45, 7) is 0. The lowest BCUT2D eigenvalue weighted by Crippen LogP contribution is -2.16. The van der Waals surface area contributed by atoms with Crippen LogP contribution in [0.3, 0.4) is 0 Å². The zero-order chi connectivity index (χ0) is 15.7. The fraction of sp³-hybridized carbons (Fsp3) is 0. The van der Waals surface area contributed by atoms with Crippen LogP contribution < -0.4 is 10.9 Å². The van der Waals surface area contributed by atoms with Crippen LogP contribution in [0.1, 0.15) is 10.4 Å². The first kappa shape index (κ1) is 14.6. The minimum Gasteiger partial charge on any atom is -0.322 e. The molecule has 4 nitrogen and oxygen atoms in total. The van der Waals surface area contributed by atoms with Crippen LogP contribution in [-0.2, 0) is 0 Å². The van der Waals surface area contributed by atoms with Crippen molar-refractivity contribution >= 4 is 45.7 Å². The Morgan fingerprint density at radius 1 is 1.00 bits per heavy atom. The Labute approximate surface area is 135 Å². The highest BCUT2D eigenvalue weighted by Gasteiger charge is 2.12. The molecule has 2 aromatic carbocycles. The van der Waals surface area contributed by atoms with Crippen LogP contribution in [0.5, 0.6) is 0 Å². The number of nitrogens with one attached hydrogen (secondary N) is 2. The maximum Gasteiger partial charge on any atom is 0.256 e. The van der Waals surface area contributed by atoms with Gasteiger partial charge in [-0.25, -0.2) is 0 Å². The van der Waals surface area contributed by atoms with Crippen LogP contribution in [0.25, 0.3) is 10.9 Å². The normalized spacial score (nSPS) is 10.6. The third-order valence-electron chi connectivity index (χ3n) is 3.17. The molecule has 110 valence electrons. The van der Waals surface area contributed by atoms with Gasteiger partial charge in [-0.15, -0.1) is 0 Å². The second-order valence-electron chi connectivity index (χ2n) is 4.68. The molecule has 0 aliphatic carbocycles. The van der Waals surface area contributed by atoms with Crippen LogP contribution in [0.2, 0.25) is 10.0 Å². The van der Waals surface area contributed by atoms with Gasteiger partial charge in [-0.05, 0) is 24.3 Å². The van der Waals surface area contributed by atoms with Gasteiger partial charge in [-0.1, -0.05) is 41.4 Å². The molecule has 0 saturated heterocycles. The van der Waals surface area contributed by atoms with Gasteiger partial charge in [0.2, 0.25) is 5.56 Å². The first-order valence-electron chi connectivity index (χ1n) is 6.43. The van der Waals surface area contributed by atoms with Crippen LogP contribution in [0.15, 0.2) is 53.3 Å². The van der Waals surface area contributed by atoms with Crippen molar-refractivity contribution in [1.29, 1.82) is 0 Å². The van der Waals surface area contributed by atoms with Crippen LogP contribution in [0.4, 0.5) is 5.69 Å². The number of H-pyrrole nitrogens is 1. The van der Waals surface area contributed by atoms with Crippen molar-refractivity contribution in [2.75, 3.05) is 5.32 Å². The Morgan fingerprint density at radius 3 is 2.55 bits per heavy atom. The van der Waals surface area contributed by atoms with E-state index in [1.54, 1.807) is 42.5 Å². The summed E-state index contributed by atoms with van der Waals surface area (Å²) in [5.74, 6) is -0.388. The quantitative estimate of drug-likeness (QED) is 0.742. The number of anilines is 1. The van der Waals surface area contributed by atoms with Gasteiger partial charge in [-0.2, -0.15) is 0 Å². The van der Waals surface area contributed by atoms with Crippen LogP contribution >= 0.6 is 23.2 Å². The van der Waals surface area contributed by atoms with E-state index in [-0.39, 0.29) is 11.5 Å². The van der Waals surface area contributed by atoms with Crippen molar-refractivity contribution < 1.29 is 4.79 Å². The molecular weight excluding hydrogens is 323 g/mol. The Bertz CT molecular complexity index is 935. The third-order valence-corrected chi connectivity index (χ3v) is 3.91. The van der Waals surface area contributed by atoms with E-state index in [0.29, 0.717) is 32.2 Å². The van der Waals surface area contributed by atoms with E-state index in [1.807, 2.05) is 0 Å². The second kappa shape index (κ2) is 5.83. The lowest BCUT2D eigenvalue weighted by atomic mass is 10.1. The van der Waals surface area contributed by atoms with Gasteiger partial charge in [0.1, 0.15) is 0 Å². The van der Waals surface area contributed by atoms with E-state index in [2.05, 4.69) is 10.3 Å². The Kier molecular flexibility index (Phi) is 3.88. The third kappa shape index (κ3) is 2.84. The molecule has 0 aliphatic rings. The number of para-hydroxylation sites is 1. The van der Waals surface area contributed by atoms with Crippen molar-refractivity contribution in [3.8, 4) is 0 Å². The number of benzene rings is 2. The lowest BCUT2D eigenvalue weighted by molar-refractivity contribution is 0.102. The zero-order valence-electron chi connectivity index (χ0n) is 11.2. The van der Waals surface area contributed by atoms with Gasteiger partial charge in [0, 0.05) is 22.7 Å². The molecule has 0 radical (unpaired) electrons. The molecule has 2 N–H and O–H groups in total. The topological polar surface area (TPSA) is 62.0 Å². The van der Waals surface area contributed by atoms with E-state index in [1.165, 1.54) is 6.07 Å². The second-order valence-corrected chi connectivity index (χ2v) is 5.49. The predicted molar refractivity (Wildman–Crippen MR) is 89.0 cm³/mol. The summed E-state index contributed by atoms with van der Waals surface area (Å²) < 4.78 is 0. The average molecular weight is 333 g/mol. The summed E-state index contributed by atoms with van der Waals surface area (Å²) in [6.07, 6.45) is 0. The molecule has 22 heavy (non-hydrogen) atoms. The highest BCUT2D eigenvalue weighted by atomic mass is 35.5. The lowest BCUT2D eigenvalue weighted by Gasteiger charge is -2.08. The van der Waals surface area contributed by atoms with E-state index < -0.39 is 0 Å².